The highest BCUT2D eigenvalue weighted by atomic mass is 16.5. The predicted octanol–water partition coefficient (Wildman–Crippen LogP) is 7.30. The number of fused-ring (bicyclic) bond motifs is 1. The first kappa shape index (κ1) is 29.6. The highest BCUT2D eigenvalue weighted by molar-refractivity contribution is 5.83. The Morgan fingerprint density at radius 3 is 2.44 bits per heavy atom. The molecular formula is C34H39N3O4. The van der Waals surface area contributed by atoms with Gasteiger partial charge in [0.2, 0.25) is 0 Å². The number of aryl methyl sites for hydroxylation is 1. The Hall–Kier alpha value is -4.39. The normalized spacial score (nSPS) is 12.2. The Morgan fingerprint density at radius 2 is 1.78 bits per heavy atom. The molecule has 41 heavy (non-hydrogen) atoms. The summed E-state index contributed by atoms with van der Waals surface area (Å²) in [5.41, 5.74) is 4.82. The molecule has 0 N–H and O–H groups in total. The van der Waals surface area contributed by atoms with Crippen LogP contribution >= 0.6 is 0 Å². The van der Waals surface area contributed by atoms with Crippen LogP contribution in [0, 0.1) is 6.92 Å². The molecule has 0 amide bonds. The molecule has 0 aliphatic carbocycles. The number of hydrogen-bond acceptors (Lipinski definition) is 6. The van der Waals surface area contributed by atoms with Crippen molar-refractivity contribution >= 4 is 17.1 Å². The molecule has 0 radical (unpaired) electrons. The van der Waals surface area contributed by atoms with Crippen LogP contribution in [0.15, 0.2) is 71.1 Å². The van der Waals surface area contributed by atoms with Crippen molar-refractivity contribution in [2.24, 2.45) is 5.10 Å². The highest BCUT2D eigenvalue weighted by Gasteiger charge is 2.19. The number of benzene rings is 3. The summed E-state index contributed by atoms with van der Waals surface area (Å²) in [5, 5.41) is 5.20. The Labute approximate surface area is 242 Å². The quantitative estimate of drug-likeness (QED) is 0.144. The summed E-state index contributed by atoms with van der Waals surface area (Å²) < 4.78 is 18.9. The van der Waals surface area contributed by atoms with Crippen LogP contribution in [0.1, 0.15) is 62.3 Å². The maximum absolute atomic E-state index is 13.8. The summed E-state index contributed by atoms with van der Waals surface area (Å²) in [4.78, 5) is 18.7. The van der Waals surface area contributed by atoms with Crippen molar-refractivity contribution in [3.63, 3.8) is 0 Å². The van der Waals surface area contributed by atoms with Gasteiger partial charge >= 0.3 is 0 Å². The van der Waals surface area contributed by atoms with E-state index in [9.17, 15) is 4.79 Å². The third-order valence-electron chi connectivity index (χ3n) is 7.15. The largest absolute Gasteiger partial charge is 0.496 e. The van der Waals surface area contributed by atoms with Gasteiger partial charge in [0.15, 0.2) is 17.3 Å². The zero-order chi connectivity index (χ0) is 29.7. The molecule has 4 rings (SSSR count). The average Bonchev–Trinajstić information content (AvgIpc) is 2.97. The van der Waals surface area contributed by atoms with Gasteiger partial charge in [0.05, 0.1) is 37.4 Å². The number of rotatable bonds is 11. The summed E-state index contributed by atoms with van der Waals surface area (Å²) in [6, 6.07) is 15.2. The van der Waals surface area contributed by atoms with E-state index in [1.807, 2.05) is 62.4 Å². The molecule has 7 heteroatoms. The van der Waals surface area contributed by atoms with Crippen LogP contribution in [0.3, 0.4) is 0 Å². The van der Waals surface area contributed by atoms with Crippen LogP contribution in [0.2, 0.25) is 0 Å². The second-order valence-corrected chi connectivity index (χ2v) is 10.4. The van der Waals surface area contributed by atoms with Gasteiger partial charge in [-0.2, -0.15) is 9.78 Å². The first-order chi connectivity index (χ1) is 19.7. The SMILES string of the molecule is C=CCc1cc(C=Nn2c(-c3cc(C(C)C)c(OC)cc3C)nc3ccccc3c2=O)cc(OC)c1O[C@H](C)CC. The predicted molar refractivity (Wildman–Crippen MR) is 167 cm³/mol. The lowest BCUT2D eigenvalue weighted by atomic mass is 9.96. The molecule has 0 spiro atoms. The summed E-state index contributed by atoms with van der Waals surface area (Å²) >= 11 is 0. The summed E-state index contributed by atoms with van der Waals surface area (Å²) in [6.07, 6.45) is 4.97. The minimum absolute atomic E-state index is 0.0280. The minimum Gasteiger partial charge on any atom is -0.496 e. The second-order valence-electron chi connectivity index (χ2n) is 10.4. The van der Waals surface area contributed by atoms with E-state index in [2.05, 4.69) is 27.4 Å². The van der Waals surface area contributed by atoms with Crippen LogP contribution in [-0.4, -0.2) is 36.2 Å². The first-order valence-electron chi connectivity index (χ1n) is 14.0. The van der Waals surface area contributed by atoms with E-state index in [-0.39, 0.29) is 17.6 Å². The lowest BCUT2D eigenvalue weighted by Crippen LogP contribution is -2.21. The van der Waals surface area contributed by atoms with Gasteiger partial charge in [-0.1, -0.05) is 39.0 Å². The van der Waals surface area contributed by atoms with E-state index in [1.54, 1.807) is 26.5 Å². The molecule has 0 fully saturated rings. The van der Waals surface area contributed by atoms with Crippen molar-refractivity contribution in [2.75, 3.05) is 14.2 Å². The second kappa shape index (κ2) is 12.9. The molecule has 3 aromatic carbocycles. The number of hydrogen-bond donors (Lipinski definition) is 0. The van der Waals surface area contributed by atoms with E-state index < -0.39 is 0 Å². The van der Waals surface area contributed by atoms with Crippen LogP contribution in [0.25, 0.3) is 22.3 Å². The number of methoxy groups -OCH3 is 2. The number of aromatic nitrogens is 2. The third-order valence-corrected chi connectivity index (χ3v) is 7.15. The van der Waals surface area contributed by atoms with Crippen molar-refractivity contribution in [2.45, 2.75) is 59.5 Å². The van der Waals surface area contributed by atoms with Gasteiger partial charge < -0.3 is 14.2 Å². The van der Waals surface area contributed by atoms with Gasteiger partial charge in [0.1, 0.15) is 5.75 Å². The first-order valence-corrected chi connectivity index (χ1v) is 14.0. The number of ether oxygens (including phenoxy) is 3. The molecule has 214 valence electrons. The lowest BCUT2D eigenvalue weighted by molar-refractivity contribution is 0.206. The molecule has 1 atom stereocenters. The zero-order valence-corrected chi connectivity index (χ0v) is 25.0. The monoisotopic (exact) mass is 553 g/mol. The summed E-state index contributed by atoms with van der Waals surface area (Å²) in [7, 11) is 3.29. The van der Waals surface area contributed by atoms with Crippen molar-refractivity contribution in [1.29, 1.82) is 0 Å². The Bertz CT molecular complexity index is 1650. The Morgan fingerprint density at radius 1 is 1.05 bits per heavy atom. The minimum atomic E-state index is -0.252. The van der Waals surface area contributed by atoms with Gasteiger partial charge in [-0.15, -0.1) is 6.58 Å². The lowest BCUT2D eigenvalue weighted by Gasteiger charge is -2.19. The molecule has 0 bridgehead atoms. The summed E-state index contributed by atoms with van der Waals surface area (Å²) in [6.45, 7) is 14.2. The van der Waals surface area contributed by atoms with Crippen LogP contribution in [-0.2, 0) is 6.42 Å². The standard InChI is InChI=1S/C34H39N3O4/c1-9-13-25-17-24(18-31(40-8)32(25)41-23(6)10-2)20-35-37-33(36-29-15-12-11-14-26(29)34(37)38)28-19-27(21(3)4)30(39-7)16-22(28)5/h9,11-12,14-21,23H,1,10,13H2,2-8H3/t23-/m1/s1. The van der Waals surface area contributed by atoms with Gasteiger partial charge in [0.25, 0.3) is 5.56 Å². The van der Waals surface area contributed by atoms with E-state index in [0.717, 1.165) is 40.0 Å². The maximum atomic E-state index is 13.8. The topological polar surface area (TPSA) is 74.9 Å². The van der Waals surface area contributed by atoms with E-state index in [1.165, 1.54) is 4.68 Å². The molecule has 0 unspecified atom stereocenters. The van der Waals surface area contributed by atoms with Crippen molar-refractivity contribution in [3.8, 4) is 28.6 Å². The fraction of sp³-hybridized carbons (Fsp3) is 0.324. The maximum Gasteiger partial charge on any atom is 0.282 e. The Balaban J connectivity index is 1.93. The third kappa shape index (κ3) is 6.19. The molecular weight excluding hydrogens is 514 g/mol. The number of para-hydroxylation sites is 1. The zero-order valence-electron chi connectivity index (χ0n) is 25.0. The van der Waals surface area contributed by atoms with Gasteiger partial charge in [-0.25, -0.2) is 4.98 Å². The van der Waals surface area contributed by atoms with Crippen molar-refractivity contribution in [3.05, 3.63) is 93.8 Å². The van der Waals surface area contributed by atoms with Gasteiger partial charge in [-0.3, -0.25) is 4.79 Å². The van der Waals surface area contributed by atoms with E-state index >= 15 is 0 Å². The molecule has 1 aromatic heterocycles. The number of allylic oxidation sites excluding steroid dienone is 1. The molecule has 0 aliphatic heterocycles. The van der Waals surface area contributed by atoms with Gasteiger partial charge in [0, 0.05) is 11.1 Å². The van der Waals surface area contributed by atoms with Crippen LogP contribution in [0.4, 0.5) is 0 Å². The van der Waals surface area contributed by atoms with Crippen LogP contribution < -0.4 is 19.8 Å². The average molecular weight is 554 g/mol. The Kier molecular flexibility index (Phi) is 9.28. The van der Waals surface area contributed by atoms with Crippen molar-refractivity contribution < 1.29 is 14.2 Å². The number of nitrogens with zero attached hydrogens (tertiary/aromatic N) is 3. The van der Waals surface area contributed by atoms with E-state index in [0.29, 0.717) is 34.6 Å². The molecule has 0 aliphatic rings. The highest BCUT2D eigenvalue weighted by Crippen LogP contribution is 2.35. The summed E-state index contributed by atoms with van der Waals surface area (Å²) in [5.74, 6) is 2.77. The van der Waals surface area contributed by atoms with E-state index in [4.69, 9.17) is 24.3 Å². The van der Waals surface area contributed by atoms with Crippen molar-refractivity contribution in [1.82, 2.24) is 9.66 Å². The molecule has 7 nitrogen and oxygen atoms in total. The smallest absolute Gasteiger partial charge is 0.282 e. The molecule has 1 heterocycles. The van der Waals surface area contributed by atoms with Gasteiger partial charge in [-0.05, 0) is 85.7 Å². The molecule has 0 saturated carbocycles. The van der Waals surface area contributed by atoms with Crippen LogP contribution in [0.5, 0.6) is 17.2 Å². The molecule has 4 aromatic rings. The fourth-order valence-corrected chi connectivity index (χ4v) is 4.73. The fourth-order valence-electron chi connectivity index (χ4n) is 4.73. The molecule has 0 saturated heterocycles.